The molecule has 0 amide bonds. The van der Waals surface area contributed by atoms with Gasteiger partial charge in [0.25, 0.3) is 0 Å². The molecule has 0 aliphatic carbocycles. The Morgan fingerprint density at radius 3 is 2.86 bits per heavy atom. The highest BCUT2D eigenvalue weighted by atomic mass is 79.9. The van der Waals surface area contributed by atoms with Crippen LogP contribution in [0.4, 0.5) is 0 Å². The molecule has 0 atom stereocenters. The summed E-state index contributed by atoms with van der Waals surface area (Å²) in [6.07, 6.45) is 0. The van der Waals surface area contributed by atoms with Crippen molar-refractivity contribution >= 4 is 53.3 Å². The fourth-order valence-corrected chi connectivity index (χ4v) is 3.59. The lowest BCUT2D eigenvalue weighted by Gasteiger charge is -2.02. The molecule has 1 nitrogen and oxygen atoms in total. The minimum Gasteiger partial charge on any atom is -0.492 e. The summed E-state index contributed by atoms with van der Waals surface area (Å²) in [5, 5.41) is 1.20. The van der Waals surface area contributed by atoms with Crippen molar-refractivity contribution in [2.45, 2.75) is 6.92 Å². The first kappa shape index (κ1) is 10.5. The number of thiophene rings is 1. The summed E-state index contributed by atoms with van der Waals surface area (Å²) >= 11 is 8.74. The van der Waals surface area contributed by atoms with Gasteiger partial charge >= 0.3 is 0 Å². The molecule has 1 aromatic heterocycles. The SMILES string of the molecule is CCOc1cccc2c(Br)c(Br)sc12. The second-order valence-electron chi connectivity index (χ2n) is 2.76. The topological polar surface area (TPSA) is 9.23 Å². The summed E-state index contributed by atoms with van der Waals surface area (Å²) < 4.78 is 8.97. The van der Waals surface area contributed by atoms with E-state index in [9.17, 15) is 0 Å². The summed E-state index contributed by atoms with van der Waals surface area (Å²) in [5.74, 6) is 0.960. The summed E-state index contributed by atoms with van der Waals surface area (Å²) in [6.45, 7) is 2.70. The second-order valence-corrected chi connectivity index (χ2v) is 5.89. The first-order chi connectivity index (χ1) is 6.74. The maximum atomic E-state index is 5.56. The zero-order valence-electron chi connectivity index (χ0n) is 7.51. The predicted octanol–water partition coefficient (Wildman–Crippen LogP) is 4.83. The van der Waals surface area contributed by atoms with Crippen LogP contribution in [0.5, 0.6) is 5.75 Å². The molecule has 0 aliphatic rings. The van der Waals surface area contributed by atoms with E-state index in [2.05, 4.69) is 37.9 Å². The van der Waals surface area contributed by atoms with E-state index in [0.29, 0.717) is 6.61 Å². The van der Waals surface area contributed by atoms with Crippen LogP contribution in [0.2, 0.25) is 0 Å². The molecule has 14 heavy (non-hydrogen) atoms. The van der Waals surface area contributed by atoms with Gasteiger partial charge < -0.3 is 4.74 Å². The van der Waals surface area contributed by atoms with Crippen LogP contribution in [0.1, 0.15) is 6.92 Å². The molecule has 4 heteroatoms. The average molecular weight is 336 g/mol. The van der Waals surface area contributed by atoms with Crippen LogP contribution in [-0.4, -0.2) is 6.61 Å². The monoisotopic (exact) mass is 334 g/mol. The van der Waals surface area contributed by atoms with Crippen LogP contribution < -0.4 is 4.74 Å². The third kappa shape index (κ3) is 1.71. The molecule has 2 aromatic rings. The predicted molar refractivity (Wildman–Crippen MR) is 68.4 cm³/mol. The lowest BCUT2D eigenvalue weighted by atomic mass is 10.2. The van der Waals surface area contributed by atoms with Gasteiger partial charge in [-0.25, -0.2) is 0 Å². The highest BCUT2D eigenvalue weighted by molar-refractivity contribution is 9.13. The van der Waals surface area contributed by atoms with Crippen LogP contribution in [-0.2, 0) is 0 Å². The molecule has 1 heterocycles. The Morgan fingerprint density at radius 1 is 1.36 bits per heavy atom. The van der Waals surface area contributed by atoms with E-state index in [-0.39, 0.29) is 0 Å². The van der Waals surface area contributed by atoms with E-state index < -0.39 is 0 Å². The quantitative estimate of drug-likeness (QED) is 0.764. The van der Waals surface area contributed by atoms with E-state index in [1.165, 1.54) is 10.1 Å². The molecule has 0 saturated heterocycles. The molecule has 1 aromatic carbocycles. The van der Waals surface area contributed by atoms with Crippen LogP contribution >= 0.6 is 43.2 Å². The molecular weight excluding hydrogens is 328 g/mol. The van der Waals surface area contributed by atoms with Crippen LogP contribution in [0.25, 0.3) is 10.1 Å². The smallest absolute Gasteiger partial charge is 0.137 e. The molecule has 0 bridgehead atoms. The number of halogens is 2. The fraction of sp³-hybridized carbons (Fsp3) is 0.200. The van der Waals surface area contributed by atoms with Crippen molar-refractivity contribution < 1.29 is 4.74 Å². The van der Waals surface area contributed by atoms with E-state index in [1.807, 2.05) is 19.1 Å². The highest BCUT2D eigenvalue weighted by Crippen LogP contribution is 2.43. The average Bonchev–Trinajstić information content (AvgIpc) is 2.46. The number of hydrogen-bond acceptors (Lipinski definition) is 2. The number of ether oxygens (including phenoxy) is 1. The molecule has 0 fully saturated rings. The van der Waals surface area contributed by atoms with Gasteiger partial charge in [0, 0.05) is 5.39 Å². The van der Waals surface area contributed by atoms with Gasteiger partial charge in [0.05, 0.1) is 19.6 Å². The Morgan fingerprint density at radius 2 is 2.14 bits per heavy atom. The van der Waals surface area contributed by atoms with Crippen molar-refractivity contribution in [3.05, 3.63) is 26.5 Å². The molecule has 0 radical (unpaired) electrons. The zero-order chi connectivity index (χ0) is 10.1. The van der Waals surface area contributed by atoms with E-state index in [0.717, 1.165) is 14.0 Å². The standard InChI is InChI=1S/C10H8Br2OS/c1-2-13-7-5-3-4-6-8(11)10(12)14-9(6)7/h3-5H,2H2,1H3. The van der Waals surface area contributed by atoms with Gasteiger partial charge in [-0.2, -0.15) is 0 Å². The Kier molecular flexibility index (Phi) is 3.14. The number of hydrogen-bond donors (Lipinski definition) is 0. The fourth-order valence-electron chi connectivity index (χ4n) is 1.30. The third-order valence-electron chi connectivity index (χ3n) is 1.88. The first-order valence-corrected chi connectivity index (χ1v) is 6.63. The van der Waals surface area contributed by atoms with Gasteiger partial charge in [0.1, 0.15) is 5.75 Å². The second kappa shape index (κ2) is 4.21. The van der Waals surface area contributed by atoms with E-state index in [4.69, 9.17) is 4.74 Å². The van der Waals surface area contributed by atoms with Gasteiger partial charge in [-0.3, -0.25) is 0 Å². The Bertz CT molecular complexity index is 464. The Labute approximate surface area is 103 Å². The van der Waals surface area contributed by atoms with Crippen molar-refractivity contribution in [3.8, 4) is 5.75 Å². The van der Waals surface area contributed by atoms with Crippen molar-refractivity contribution in [2.24, 2.45) is 0 Å². The van der Waals surface area contributed by atoms with Crippen LogP contribution in [0.15, 0.2) is 26.5 Å². The highest BCUT2D eigenvalue weighted by Gasteiger charge is 2.10. The van der Waals surface area contributed by atoms with Gasteiger partial charge in [-0.05, 0) is 44.8 Å². The number of benzene rings is 1. The summed E-state index contributed by atoms with van der Waals surface area (Å²) in [4.78, 5) is 0. The molecule has 0 spiro atoms. The van der Waals surface area contributed by atoms with Gasteiger partial charge in [-0.15, -0.1) is 11.3 Å². The maximum absolute atomic E-state index is 5.56. The molecule has 74 valence electrons. The molecule has 0 N–H and O–H groups in total. The number of rotatable bonds is 2. The lowest BCUT2D eigenvalue weighted by molar-refractivity contribution is 0.345. The van der Waals surface area contributed by atoms with E-state index >= 15 is 0 Å². The van der Waals surface area contributed by atoms with Gasteiger partial charge in [0.15, 0.2) is 0 Å². The molecule has 0 unspecified atom stereocenters. The first-order valence-electron chi connectivity index (χ1n) is 4.23. The molecule has 2 rings (SSSR count). The Balaban J connectivity index is 2.68. The van der Waals surface area contributed by atoms with E-state index in [1.54, 1.807) is 11.3 Å². The van der Waals surface area contributed by atoms with Crippen molar-refractivity contribution in [1.82, 2.24) is 0 Å². The maximum Gasteiger partial charge on any atom is 0.137 e. The summed E-state index contributed by atoms with van der Waals surface area (Å²) in [7, 11) is 0. The number of fused-ring (bicyclic) bond motifs is 1. The van der Waals surface area contributed by atoms with Crippen LogP contribution in [0.3, 0.4) is 0 Å². The molecular formula is C10H8Br2OS. The van der Waals surface area contributed by atoms with Crippen molar-refractivity contribution in [2.75, 3.05) is 6.61 Å². The minimum atomic E-state index is 0.701. The Hall–Kier alpha value is -0.0600. The molecule has 0 saturated carbocycles. The molecule has 0 aliphatic heterocycles. The van der Waals surface area contributed by atoms with Crippen molar-refractivity contribution in [1.29, 1.82) is 0 Å². The zero-order valence-corrected chi connectivity index (χ0v) is 11.5. The van der Waals surface area contributed by atoms with Gasteiger partial charge in [-0.1, -0.05) is 12.1 Å². The largest absolute Gasteiger partial charge is 0.492 e. The minimum absolute atomic E-state index is 0.701. The third-order valence-corrected chi connectivity index (χ3v) is 5.39. The summed E-state index contributed by atoms with van der Waals surface area (Å²) in [5.41, 5.74) is 0. The van der Waals surface area contributed by atoms with Crippen molar-refractivity contribution in [3.63, 3.8) is 0 Å². The normalized spacial score (nSPS) is 10.8. The lowest BCUT2D eigenvalue weighted by Crippen LogP contribution is -1.90. The van der Waals surface area contributed by atoms with Gasteiger partial charge in [0.2, 0.25) is 0 Å². The summed E-state index contributed by atoms with van der Waals surface area (Å²) in [6, 6.07) is 6.10. The van der Waals surface area contributed by atoms with Crippen LogP contribution in [0, 0.1) is 0 Å².